The second-order valence-electron chi connectivity index (χ2n) is 5.65. The molecule has 1 saturated carbocycles. The van der Waals surface area contributed by atoms with E-state index in [1.807, 2.05) is 0 Å². The molecular weight excluding hydrogens is 216 g/mol. The fourth-order valence-electron chi connectivity index (χ4n) is 2.49. The summed E-state index contributed by atoms with van der Waals surface area (Å²) in [5.74, 6) is 1.72. The summed E-state index contributed by atoms with van der Waals surface area (Å²) in [6.07, 6.45) is 6.60. The fraction of sp³-hybridized carbons (Fsp3) is 0.923. The largest absolute Gasteiger partial charge is 0.360 e. The first-order chi connectivity index (χ1) is 7.66. The average molecular weight is 240 g/mol. The molecule has 2 rings (SSSR count). The zero-order valence-corrected chi connectivity index (χ0v) is 11.4. The van der Waals surface area contributed by atoms with E-state index in [2.05, 4.69) is 24.1 Å². The van der Waals surface area contributed by atoms with Gasteiger partial charge in [-0.2, -0.15) is 0 Å². The minimum atomic E-state index is 0.691. The van der Waals surface area contributed by atoms with Gasteiger partial charge in [-0.25, -0.2) is 0 Å². The highest BCUT2D eigenvalue weighted by atomic mass is 32.1. The summed E-state index contributed by atoms with van der Waals surface area (Å²) in [4.78, 5) is 2.38. The SMILES string of the molecule is CC(C)C1CCCN(C(=S)NC2CC2)CC1. The number of nitrogens with one attached hydrogen (secondary N) is 1. The molecule has 2 nitrogen and oxygen atoms in total. The molecule has 0 amide bonds. The summed E-state index contributed by atoms with van der Waals surface area (Å²) in [7, 11) is 0. The third-order valence-electron chi connectivity index (χ3n) is 3.91. The molecule has 1 saturated heterocycles. The fourth-order valence-corrected chi connectivity index (χ4v) is 2.83. The Kier molecular flexibility index (Phi) is 4.06. The van der Waals surface area contributed by atoms with Crippen LogP contribution in [0, 0.1) is 11.8 Å². The zero-order chi connectivity index (χ0) is 11.5. The summed E-state index contributed by atoms with van der Waals surface area (Å²) in [6.45, 7) is 7.01. The Morgan fingerprint density at radius 2 is 1.94 bits per heavy atom. The number of hydrogen-bond donors (Lipinski definition) is 1. The van der Waals surface area contributed by atoms with Crippen molar-refractivity contribution in [1.82, 2.24) is 10.2 Å². The first-order valence-electron chi connectivity index (χ1n) is 6.72. The van der Waals surface area contributed by atoms with E-state index < -0.39 is 0 Å². The van der Waals surface area contributed by atoms with E-state index in [1.165, 1.54) is 32.1 Å². The summed E-state index contributed by atoms with van der Waals surface area (Å²) >= 11 is 5.47. The lowest BCUT2D eigenvalue weighted by atomic mass is 9.89. The van der Waals surface area contributed by atoms with Gasteiger partial charge in [-0.05, 0) is 56.2 Å². The first-order valence-corrected chi connectivity index (χ1v) is 7.13. The molecule has 3 heteroatoms. The number of thiocarbonyl (C=S) groups is 1. The maximum absolute atomic E-state index is 5.47. The second kappa shape index (κ2) is 5.35. The molecule has 1 heterocycles. The van der Waals surface area contributed by atoms with Crippen molar-refractivity contribution in [1.29, 1.82) is 0 Å². The molecule has 1 aliphatic carbocycles. The number of nitrogens with zero attached hydrogens (tertiary/aromatic N) is 1. The zero-order valence-electron chi connectivity index (χ0n) is 10.5. The van der Waals surface area contributed by atoms with Crippen molar-refractivity contribution in [3.63, 3.8) is 0 Å². The van der Waals surface area contributed by atoms with Crippen LogP contribution in [0.3, 0.4) is 0 Å². The van der Waals surface area contributed by atoms with Gasteiger partial charge in [0.1, 0.15) is 0 Å². The van der Waals surface area contributed by atoms with Gasteiger partial charge in [-0.1, -0.05) is 13.8 Å². The van der Waals surface area contributed by atoms with Crippen molar-refractivity contribution in [2.24, 2.45) is 11.8 Å². The second-order valence-corrected chi connectivity index (χ2v) is 6.03. The Balaban J connectivity index is 1.80. The van der Waals surface area contributed by atoms with E-state index in [4.69, 9.17) is 12.2 Å². The van der Waals surface area contributed by atoms with Gasteiger partial charge < -0.3 is 10.2 Å². The summed E-state index contributed by atoms with van der Waals surface area (Å²) in [6, 6.07) is 0.691. The third-order valence-corrected chi connectivity index (χ3v) is 4.28. The standard InChI is InChI=1S/C13H24N2S/c1-10(2)11-4-3-8-15(9-7-11)13(16)14-12-5-6-12/h10-12H,3-9H2,1-2H3,(H,14,16). The Morgan fingerprint density at radius 1 is 1.19 bits per heavy atom. The summed E-state index contributed by atoms with van der Waals surface area (Å²) < 4.78 is 0. The van der Waals surface area contributed by atoms with E-state index in [1.54, 1.807) is 0 Å². The van der Waals surface area contributed by atoms with Crippen molar-refractivity contribution in [2.45, 2.75) is 52.0 Å². The van der Waals surface area contributed by atoms with Crippen LogP contribution in [0.25, 0.3) is 0 Å². The number of rotatable bonds is 2. The van der Waals surface area contributed by atoms with Gasteiger partial charge in [0, 0.05) is 19.1 Å². The van der Waals surface area contributed by atoms with Crippen molar-refractivity contribution in [2.75, 3.05) is 13.1 Å². The van der Waals surface area contributed by atoms with E-state index in [9.17, 15) is 0 Å². The van der Waals surface area contributed by atoms with Crippen molar-refractivity contribution < 1.29 is 0 Å². The predicted molar refractivity (Wildman–Crippen MR) is 72.5 cm³/mol. The molecule has 0 spiro atoms. The molecule has 0 aromatic rings. The quantitative estimate of drug-likeness (QED) is 0.747. The van der Waals surface area contributed by atoms with Gasteiger partial charge in [-0.15, -0.1) is 0 Å². The lowest BCUT2D eigenvalue weighted by Gasteiger charge is -2.24. The molecule has 0 aromatic carbocycles. The molecule has 0 aromatic heterocycles. The minimum absolute atomic E-state index is 0.691. The van der Waals surface area contributed by atoms with Gasteiger partial charge in [0.2, 0.25) is 0 Å². The molecule has 1 N–H and O–H groups in total. The van der Waals surface area contributed by atoms with Gasteiger partial charge in [0.25, 0.3) is 0 Å². The molecular formula is C13H24N2S. The molecule has 1 unspecified atom stereocenters. The maximum Gasteiger partial charge on any atom is 0.169 e. The highest BCUT2D eigenvalue weighted by Crippen LogP contribution is 2.25. The Hall–Kier alpha value is -0.310. The van der Waals surface area contributed by atoms with E-state index in [0.717, 1.165) is 30.0 Å². The predicted octanol–water partition coefficient (Wildman–Crippen LogP) is 2.78. The molecule has 2 fully saturated rings. The Labute approximate surface area is 105 Å². The summed E-state index contributed by atoms with van der Waals surface area (Å²) in [5, 5.41) is 4.46. The Morgan fingerprint density at radius 3 is 2.56 bits per heavy atom. The van der Waals surface area contributed by atoms with Crippen molar-refractivity contribution in [3.8, 4) is 0 Å². The van der Waals surface area contributed by atoms with E-state index >= 15 is 0 Å². The van der Waals surface area contributed by atoms with Crippen LogP contribution < -0.4 is 5.32 Å². The number of hydrogen-bond acceptors (Lipinski definition) is 1. The average Bonchev–Trinajstić information content (AvgIpc) is 3.01. The van der Waals surface area contributed by atoms with Crippen LogP contribution in [0.15, 0.2) is 0 Å². The lowest BCUT2D eigenvalue weighted by molar-refractivity contribution is 0.339. The van der Waals surface area contributed by atoms with Crippen LogP contribution in [0.2, 0.25) is 0 Å². The van der Waals surface area contributed by atoms with Crippen LogP contribution in [0.5, 0.6) is 0 Å². The Bertz CT molecular complexity index is 248. The van der Waals surface area contributed by atoms with E-state index in [0.29, 0.717) is 6.04 Å². The number of likely N-dealkylation sites (tertiary alicyclic amines) is 1. The monoisotopic (exact) mass is 240 g/mol. The van der Waals surface area contributed by atoms with Gasteiger partial charge in [0.05, 0.1) is 0 Å². The molecule has 92 valence electrons. The molecule has 1 atom stereocenters. The molecule has 0 radical (unpaired) electrons. The minimum Gasteiger partial charge on any atom is -0.360 e. The smallest absolute Gasteiger partial charge is 0.169 e. The van der Waals surface area contributed by atoms with Crippen molar-refractivity contribution >= 4 is 17.3 Å². The topological polar surface area (TPSA) is 15.3 Å². The van der Waals surface area contributed by atoms with Crippen LogP contribution in [0.4, 0.5) is 0 Å². The highest BCUT2D eigenvalue weighted by molar-refractivity contribution is 7.80. The van der Waals surface area contributed by atoms with Crippen molar-refractivity contribution in [3.05, 3.63) is 0 Å². The van der Waals surface area contributed by atoms with Crippen LogP contribution in [0.1, 0.15) is 46.0 Å². The van der Waals surface area contributed by atoms with E-state index in [-0.39, 0.29) is 0 Å². The molecule has 0 bridgehead atoms. The third kappa shape index (κ3) is 3.34. The van der Waals surface area contributed by atoms with Crippen LogP contribution >= 0.6 is 12.2 Å². The first kappa shape index (κ1) is 12.2. The highest BCUT2D eigenvalue weighted by Gasteiger charge is 2.25. The lowest BCUT2D eigenvalue weighted by Crippen LogP contribution is -2.41. The summed E-state index contributed by atoms with van der Waals surface area (Å²) in [5.41, 5.74) is 0. The maximum atomic E-state index is 5.47. The van der Waals surface area contributed by atoms with Gasteiger partial charge in [0.15, 0.2) is 5.11 Å². The van der Waals surface area contributed by atoms with Crippen LogP contribution in [-0.4, -0.2) is 29.1 Å². The van der Waals surface area contributed by atoms with Crippen LogP contribution in [-0.2, 0) is 0 Å². The van der Waals surface area contributed by atoms with Gasteiger partial charge in [-0.3, -0.25) is 0 Å². The van der Waals surface area contributed by atoms with Gasteiger partial charge >= 0.3 is 0 Å². The molecule has 2 aliphatic rings. The molecule has 1 aliphatic heterocycles. The molecule has 16 heavy (non-hydrogen) atoms. The normalized spacial score (nSPS) is 26.7.